The fraction of sp³-hybridized carbons (Fsp3) is 0.450. The average molecular weight is 366 g/mol. The number of hydrogen-bond acceptors (Lipinski definition) is 6. The van der Waals surface area contributed by atoms with Crippen molar-refractivity contribution in [2.24, 2.45) is 0 Å². The van der Waals surface area contributed by atoms with Crippen LogP contribution in [0, 0.1) is 11.3 Å². The Balaban J connectivity index is 2.20. The van der Waals surface area contributed by atoms with Gasteiger partial charge in [-0.2, -0.15) is 5.26 Å². The summed E-state index contributed by atoms with van der Waals surface area (Å²) in [4.78, 5) is 11.4. The molecule has 1 aromatic carbocycles. The normalized spacial score (nSPS) is 12.1. The molecule has 3 N–H and O–H groups in total. The number of aliphatic hydroxyl groups is 1. The number of fused-ring (bicyclic) bond motifs is 3. The Morgan fingerprint density at radius 2 is 2.04 bits per heavy atom. The number of rotatable bonds is 7. The molecule has 0 amide bonds. The summed E-state index contributed by atoms with van der Waals surface area (Å²) in [5, 5.41) is 20.4. The molecule has 2 heterocycles. The van der Waals surface area contributed by atoms with E-state index < -0.39 is 5.60 Å². The van der Waals surface area contributed by atoms with Crippen molar-refractivity contribution in [1.29, 1.82) is 5.26 Å². The Hall–Kier alpha value is -2.69. The SMILES string of the molecule is CCN(CCC#N)Cc1nc2c(N)nc3ccccc3c2n1CC(C)(C)O. The minimum absolute atomic E-state index is 0.388. The largest absolute Gasteiger partial charge is 0.389 e. The van der Waals surface area contributed by atoms with Crippen LogP contribution >= 0.6 is 0 Å². The van der Waals surface area contributed by atoms with Gasteiger partial charge in [0, 0.05) is 18.4 Å². The van der Waals surface area contributed by atoms with Gasteiger partial charge in [-0.25, -0.2) is 9.97 Å². The summed E-state index contributed by atoms with van der Waals surface area (Å²) < 4.78 is 2.05. The Labute approximate surface area is 159 Å². The van der Waals surface area contributed by atoms with Crippen molar-refractivity contribution < 1.29 is 5.11 Å². The third-order valence-corrected chi connectivity index (χ3v) is 4.59. The van der Waals surface area contributed by atoms with Gasteiger partial charge in [-0.1, -0.05) is 25.1 Å². The molecule has 0 bridgehead atoms. The summed E-state index contributed by atoms with van der Waals surface area (Å²) in [6.45, 7) is 8.07. The van der Waals surface area contributed by atoms with Gasteiger partial charge in [-0.05, 0) is 26.5 Å². The first-order valence-electron chi connectivity index (χ1n) is 9.19. The second kappa shape index (κ2) is 7.51. The van der Waals surface area contributed by atoms with Crippen molar-refractivity contribution in [2.75, 3.05) is 18.8 Å². The van der Waals surface area contributed by atoms with Crippen molar-refractivity contribution in [1.82, 2.24) is 19.4 Å². The topological polar surface area (TPSA) is 104 Å². The van der Waals surface area contributed by atoms with Gasteiger partial charge >= 0.3 is 0 Å². The quantitative estimate of drug-likeness (QED) is 0.666. The number of anilines is 1. The highest BCUT2D eigenvalue weighted by Gasteiger charge is 2.23. The third kappa shape index (κ3) is 4.02. The van der Waals surface area contributed by atoms with E-state index in [0.717, 1.165) is 28.8 Å². The Morgan fingerprint density at radius 3 is 2.70 bits per heavy atom. The van der Waals surface area contributed by atoms with Crippen LogP contribution in [0.4, 0.5) is 5.82 Å². The number of nitriles is 1. The first kappa shape index (κ1) is 19.1. The summed E-state index contributed by atoms with van der Waals surface area (Å²) in [5.41, 5.74) is 7.65. The molecule has 0 atom stereocenters. The lowest BCUT2D eigenvalue weighted by Gasteiger charge is -2.23. The van der Waals surface area contributed by atoms with Crippen molar-refractivity contribution in [3.63, 3.8) is 0 Å². The maximum Gasteiger partial charge on any atom is 0.152 e. The third-order valence-electron chi connectivity index (χ3n) is 4.59. The lowest BCUT2D eigenvalue weighted by Crippen LogP contribution is -2.30. The van der Waals surface area contributed by atoms with Crippen molar-refractivity contribution in [3.8, 4) is 6.07 Å². The molecule has 2 aromatic heterocycles. The smallest absolute Gasteiger partial charge is 0.152 e. The van der Waals surface area contributed by atoms with Crippen LogP contribution in [0.2, 0.25) is 0 Å². The molecule has 0 saturated carbocycles. The van der Waals surface area contributed by atoms with E-state index in [1.54, 1.807) is 13.8 Å². The second-order valence-corrected chi connectivity index (χ2v) is 7.41. The zero-order chi connectivity index (χ0) is 19.6. The molecule has 7 nitrogen and oxygen atoms in total. The highest BCUT2D eigenvalue weighted by molar-refractivity contribution is 6.06. The number of nitrogen functional groups attached to an aromatic ring is 1. The molecular formula is C20H26N6O. The molecule has 142 valence electrons. The van der Waals surface area contributed by atoms with E-state index in [9.17, 15) is 5.11 Å². The summed E-state index contributed by atoms with van der Waals surface area (Å²) >= 11 is 0. The fourth-order valence-corrected chi connectivity index (χ4v) is 3.34. The minimum atomic E-state index is -0.911. The number of hydrogen-bond donors (Lipinski definition) is 2. The molecule has 7 heteroatoms. The summed E-state index contributed by atoms with van der Waals surface area (Å²) in [6.07, 6.45) is 0.464. The monoisotopic (exact) mass is 366 g/mol. The van der Waals surface area contributed by atoms with Crippen LogP contribution in [0.5, 0.6) is 0 Å². The van der Waals surface area contributed by atoms with Crippen LogP contribution in [-0.4, -0.2) is 43.2 Å². The first-order valence-corrected chi connectivity index (χ1v) is 9.19. The summed E-state index contributed by atoms with van der Waals surface area (Å²) in [6, 6.07) is 10.0. The zero-order valence-corrected chi connectivity index (χ0v) is 16.1. The highest BCUT2D eigenvalue weighted by atomic mass is 16.3. The molecular weight excluding hydrogens is 340 g/mol. The fourth-order valence-electron chi connectivity index (χ4n) is 3.34. The van der Waals surface area contributed by atoms with Gasteiger partial charge in [0.2, 0.25) is 0 Å². The molecule has 0 radical (unpaired) electrons. The van der Waals surface area contributed by atoms with Gasteiger partial charge in [-0.3, -0.25) is 4.90 Å². The number of nitrogens with two attached hydrogens (primary N) is 1. The van der Waals surface area contributed by atoms with E-state index >= 15 is 0 Å². The molecule has 0 aliphatic carbocycles. The van der Waals surface area contributed by atoms with Gasteiger partial charge in [-0.15, -0.1) is 0 Å². The van der Waals surface area contributed by atoms with Crippen LogP contribution < -0.4 is 5.73 Å². The van der Waals surface area contributed by atoms with Crippen molar-refractivity contribution in [2.45, 2.75) is 45.9 Å². The van der Waals surface area contributed by atoms with E-state index in [0.29, 0.717) is 37.4 Å². The number of pyridine rings is 1. The number of aromatic nitrogens is 3. The van der Waals surface area contributed by atoms with Crippen molar-refractivity contribution in [3.05, 3.63) is 30.1 Å². The predicted molar refractivity (Wildman–Crippen MR) is 107 cm³/mol. The first-order chi connectivity index (χ1) is 12.8. The number of nitrogens with zero attached hydrogens (tertiary/aromatic N) is 5. The Kier molecular flexibility index (Phi) is 5.31. The number of para-hydroxylation sites is 1. The van der Waals surface area contributed by atoms with Gasteiger partial charge in [0.05, 0.1) is 35.8 Å². The van der Waals surface area contributed by atoms with Gasteiger partial charge in [0.1, 0.15) is 11.3 Å². The van der Waals surface area contributed by atoms with Crippen LogP contribution in [0.15, 0.2) is 24.3 Å². The molecule has 27 heavy (non-hydrogen) atoms. The highest BCUT2D eigenvalue weighted by Crippen LogP contribution is 2.30. The molecule has 0 saturated heterocycles. The van der Waals surface area contributed by atoms with Crippen LogP contribution in [0.3, 0.4) is 0 Å². The Bertz CT molecular complexity index is 996. The van der Waals surface area contributed by atoms with Crippen molar-refractivity contribution >= 4 is 27.8 Å². The molecule has 0 aliphatic heterocycles. The standard InChI is InChI=1S/C20H26N6O/c1-4-25(11-7-10-21)12-16-24-17-18(26(16)13-20(2,3)27)14-8-5-6-9-15(14)23-19(17)22/h5-6,8-9,27H,4,7,11-13H2,1-3H3,(H2,22,23). The second-order valence-electron chi connectivity index (χ2n) is 7.41. The van der Waals surface area contributed by atoms with Gasteiger partial charge < -0.3 is 15.4 Å². The van der Waals surface area contributed by atoms with Gasteiger partial charge in [0.15, 0.2) is 5.82 Å². The van der Waals surface area contributed by atoms with E-state index in [-0.39, 0.29) is 0 Å². The van der Waals surface area contributed by atoms with Crippen LogP contribution in [0.1, 0.15) is 33.0 Å². The van der Waals surface area contributed by atoms with E-state index in [4.69, 9.17) is 16.0 Å². The molecule has 3 rings (SSSR count). The predicted octanol–water partition coefficient (Wildman–Crippen LogP) is 2.67. The lowest BCUT2D eigenvalue weighted by atomic mass is 10.1. The molecule has 0 spiro atoms. The van der Waals surface area contributed by atoms with E-state index in [1.807, 2.05) is 28.8 Å². The number of benzene rings is 1. The minimum Gasteiger partial charge on any atom is -0.389 e. The van der Waals surface area contributed by atoms with Gasteiger partial charge in [0.25, 0.3) is 0 Å². The molecule has 0 aliphatic rings. The summed E-state index contributed by atoms with van der Waals surface area (Å²) in [7, 11) is 0. The van der Waals surface area contributed by atoms with Crippen LogP contribution in [-0.2, 0) is 13.1 Å². The average Bonchev–Trinajstić information content (AvgIpc) is 2.96. The lowest BCUT2D eigenvalue weighted by molar-refractivity contribution is 0.0611. The Morgan fingerprint density at radius 1 is 1.30 bits per heavy atom. The molecule has 0 unspecified atom stereocenters. The molecule has 0 fully saturated rings. The zero-order valence-electron chi connectivity index (χ0n) is 16.1. The molecule has 3 aromatic rings. The maximum atomic E-state index is 10.5. The van der Waals surface area contributed by atoms with E-state index in [1.165, 1.54) is 0 Å². The van der Waals surface area contributed by atoms with E-state index in [2.05, 4.69) is 22.9 Å². The number of imidazole rings is 1. The maximum absolute atomic E-state index is 10.5. The summed E-state index contributed by atoms with van der Waals surface area (Å²) in [5.74, 6) is 1.20. The van der Waals surface area contributed by atoms with Crippen LogP contribution in [0.25, 0.3) is 21.9 Å².